The first-order valence-electron chi connectivity index (χ1n) is 9.90. The quantitative estimate of drug-likeness (QED) is 0.611. The minimum atomic E-state index is -0.743. The van der Waals surface area contributed by atoms with Gasteiger partial charge in [-0.2, -0.15) is 5.26 Å². The number of methoxy groups -OCH3 is 1. The van der Waals surface area contributed by atoms with Gasteiger partial charge in [0.25, 0.3) is 0 Å². The molecule has 7 nitrogen and oxygen atoms in total. The van der Waals surface area contributed by atoms with E-state index in [2.05, 4.69) is 6.07 Å². The maximum absolute atomic E-state index is 12.7. The molecule has 0 unspecified atom stereocenters. The van der Waals surface area contributed by atoms with Crippen molar-refractivity contribution in [2.24, 2.45) is 5.73 Å². The number of esters is 1. The third-order valence-corrected chi connectivity index (χ3v) is 5.20. The minimum Gasteiger partial charge on any atom is -0.496 e. The molecule has 0 amide bonds. The van der Waals surface area contributed by atoms with Gasteiger partial charge in [-0.3, -0.25) is 0 Å². The summed E-state index contributed by atoms with van der Waals surface area (Å²) < 4.78 is 22.0. The van der Waals surface area contributed by atoms with E-state index in [1.165, 1.54) is 0 Å². The number of halogens is 1. The molecule has 0 radical (unpaired) electrons. The first kappa shape index (κ1) is 23.0. The van der Waals surface area contributed by atoms with Crippen molar-refractivity contribution in [3.63, 3.8) is 0 Å². The van der Waals surface area contributed by atoms with Crippen LogP contribution in [-0.4, -0.2) is 19.7 Å². The summed E-state index contributed by atoms with van der Waals surface area (Å²) in [4.78, 5) is 12.7. The first-order chi connectivity index (χ1) is 15.4. The van der Waals surface area contributed by atoms with Gasteiger partial charge in [0, 0.05) is 10.6 Å². The van der Waals surface area contributed by atoms with Crippen molar-refractivity contribution in [1.82, 2.24) is 0 Å². The molecule has 166 valence electrons. The summed E-state index contributed by atoms with van der Waals surface area (Å²) in [5.41, 5.74) is 7.72. The van der Waals surface area contributed by atoms with E-state index >= 15 is 0 Å². The van der Waals surface area contributed by atoms with Crippen LogP contribution in [0.1, 0.15) is 30.9 Å². The molecule has 1 aliphatic rings. The van der Waals surface area contributed by atoms with Crippen LogP contribution in [0.2, 0.25) is 5.02 Å². The van der Waals surface area contributed by atoms with Crippen LogP contribution in [0.15, 0.2) is 65.3 Å². The van der Waals surface area contributed by atoms with Gasteiger partial charge in [-0.25, -0.2) is 4.79 Å². The summed E-state index contributed by atoms with van der Waals surface area (Å²) in [6.45, 7) is 3.71. The highest BCUT2D eigenvalue weighted by Crippen LogP contribution is 2.40. The molecule has 2 aromatic rings. The fourth-order valence-corrected chi connectivity index (χ4v) is 3.60. The van der Waals surface area contributed by atoms with Crippen molar-refractivity contribution >= 4 is 17.6 Å². The monoisotopic (exact) mass is 454 g/mol. The molecular weight excluding hydrogens is 432 g/mol. The highest BCUT2D eigenvalue weighted by Gasteiger charge is 2.36. The predicted molar refractivity (Wildman–Crippen MR) is 119 cm³/mol. The Balaban J connectivity index is 2.02. The van der Waals surface area contributed by atoms with E-state index < -0.39 is 11.9 Å². The van der Waals surface area contributed by atoms with Gasteiger partial charge in [-0.05, 0) is 55.8 Å². The maximum atomic E-state index is 12.7. The van der Waals surface area contributed by atoms with Gasteiger partial charge < -0.3 is 24.7 Å². The van der Waals surface area contributed by atoms with E-state index in [0.29, 0.717) is 27.8 Å². The van der Waals surface area contributed by atoms with E-state index in [9.17, 15) is 10.1 Å². The van der Waals surface area contributed by atoms with Gasteiger partial charge in [0.05, 0.1) is 25.2 Å². The smallest absolute Gasteiger partial charge is 0.338 e. The Morgan fingerprint density at radius 2 is 1.97 bits per heavy atom. The molecule has 8 heteroatoms. The fourth-order valence-electron chi connectivity index (χ4n) is 3.47. The molecule has 0 saturated heterocycles. The second kappa shape index (κ2) is 10.1. The number of nitrogens with two attached hydrogens (primary N) is 1. The van der Waals surface area contributed by atoms with Crippen LogP contribution in [0, 0.1) is 11.3 Å². The highest BCUT2D eigenvalue weighted by atomic mass is 35.5. The summed E-state index contributed by atoms with van der Waals surface area (Å²) in [6.07, 6.45) is 0. The maximum Gasteiger partial charge on any atom is 0.338 e. The Bertz CT molecular complexity index is 1120. The summed E-state index contributed by atoms with van der Waals surface area (Å²) >= 11 is 5.93. The number of nitrogens with zero attached hydrogens (tertiary/aromatic N) is 1. The van der Waals surface area contributed by atoms with E-state index in [1.54, 1.807) is 57.4 Å². The predicted octanol–water partition coefficient (Wildman–Crippen LogP) is 4.57. The summed E-state index contributed by atoms with van der Waals surface area (Å²) in [7, 11) is 1.56. The molecular formula is C24H23ClN2O5. The molecule has 1 atom stereocenters. The van der Waals surface area contributed by atoms with Crippen LogP contribution in [0.25, 0.3) is 0 Å². The standard InChI is InChI=1S/C24H23ClN2O5/c1-4-30-24(28)21-14(2)32-23(27)19(12-26)22(21)15-5-10-20(29-3)16(11-15)13-31-18-8-6-17(25)7-9-18/h5-11,22H,4,13,27H2,1-3H3/t22-/m1/s1. The van der Waals surface area contributed by atoms with Crippen molar-refractivity contribution in [3.8, 4) is 17.6 Å². The van der Waals surface area contributed by atoms with Crippen LogP contribution in [0.3, 0.4) is 0 Å². The number of hydrogen-bond donors (Lipinski definition) is 1. The van der Waals surface area contributed by atoms with Crippen LogP contribution in [0.4, 0.5) is 0 Å². The Labute approximate surface area is 191 Å². The second-order valence-electron chi connectivity index (χ2n) is 6.93. The number of benzene rings is 2. The number of allylic oxidation sites excluding steroid dienone is 2. The van der Waals surface area contributed by atoms with Gasteiger partial charge in [-0.15, -0.1) is 0 Å². The van der Waals surface area contributed by atoms with Crippen molar-refractivity contribution in [2.45, 2.75) is 26.4 Å². The van der Waals surface area contributed by atoms with Crippen LogP contribution >= 0.6 is 11.6 Å². The van der Waals surface area contributed by atoms with E-state index in [0.717, 1.165) is 5.56 Å². The largest absolute Gasteiger partial charge is 0.496 e. The zero-order chi connectivity index (χ0) is 23.3. The van der Waals surface area contributed by atoms with Crippen molar-refractivity contribution in [2.75, 3.05) is 13.7 Å². The number of carbonyl (C=O) groups excluding carboxylic acids is 1. The van der Waals surface area contributed by atoms with Crippen molar-refractivity contribution in [1.29, 1.82) is 5.26 Å². The lowest BCUT2D eigenvalue weighted by atomic mass is 9.82. The van der Waals surface area contributed by atoms with Gasteiger partial charge in [0.15, 0.2) is 0 Å². The number of carbonyl (C=O) groups is 1. The zero-order valence-corrected chi connectivity index (χ0v) is 18.7. The van der Waals surface area contributed by atoms with E-state index in [4.69, 9.17) is 36.3 Å². The average molecular weight is 455 g/mol. The van der Waals surface area contributed by atoms with Gasteiger partial charge in [-0.1, -0.05) is 17.7 Å². The Hall–Kier alpha value is -3.63. The Morgan fingerprint density at radius 3 is 2.59 bits per heavy atom. The molecule has 32 heavy (non-hydrogen) atoms. The van der Waals surface area contributed by atoms with Crippen molar-refractivity contribution < 1.29 is 23.7 Å². The van der Waals surface area contributed by atoms with Crippen LogP contribution in [-0.2, 0) is 20.9 Å². The molecule has 3 rings (SSSR count). The normalized spacial score (nSPS) is 15.7. The topological polar surface area (TPSA) is 104 Å². The Kier molecular flexibility index (Phi) is 7.29. The zero-order valence-electron chi connectivity index (χ0n) is 18.0. The third kappa shape index (κ3) is 4.82. The molecule has 0 aromatic heterocycles. The highest BCUT2D eigenvalue weighted by molar-refractivity contribution is 6.30. The SMILES string of the molecule is CCOC(=O)C1=C(C)OC(N)=C(C#N)[C@H]1c1ccc(OC)c(COc2ccc(Cl)cc2)c1. The third-order valence-electron chi connectivity index (χ3n) is 4.95. The van der Waals surface area contributed by atoms with Crippen LogP contribution in [0.5, 0.6) is 11.5 Å². The summed E-state index contributed by atoms with van der Waals surface area (Å²) in [5, 5.41) is 10.4. The second-order valence-corrected chi connectivity index (χ2v) is 7.37. The molecule has 2 aromatic carbocycles. The van der Waals surface area contributed by atoms with E-state index in [1.807, 2.05) is 6.07 Å². The average Bonchev–Trinajstić information content (AvgIpc) is 2.78. The minimum absolute atomic E-state index is 0.0437. The molecule has 0 aliphatic carbocycles. The van der Waals surface area contributed by atoms with Gasteiger partial charge in [0.1, 0.15) is 35.5 Å². The molecule has 2 N–H and O–H groups in total. The molecule has 1 aliphatic heterocycles. The molecule has 0 saturated carbocycles. The first-order valence-corrected chi connectivity index (χ1v) is 10.3. The number of ether oxygens (including phenoxy) is 4. The lowest BCUT2D eigenvalue weighted by Crippen LogP contribution is -2.25. The number of nitriles is 1. The summed E-state index contributed by atoms with van der Waals surface area (Å²) in [6, 6.07) is 14.4. The lowest BCUT2D eigenvalue weighted by Gasteiger charge is -2.27. The molecule has 1 heterocycles. The molecule has 0 spiro atoms. The van der Waals surface area contributed by atoms with Gasteiger partial charge >= 0.3 is 5.97 Å². The molecule has 0 bridgehead atoms. The lowest BCUT2D eigenvalue weighted by molar-refractivity contribution is -0.139. The van der Waals surface area contributed by atoms with Gasteiger partial charge in [0.2, 0.25) is 5.88 Å². The molecule has 0 fully saturated rings. The number of hydrogen-bond acceptors (Lipinski definition) is 7. The fraction of sp³-hybridized carbons (Fsp3) is 0.250. The van der Waals surface area contributed by atoms with E-state index in [-0.39, 0.29) is 30.2 Å². The summed E-state index contributed by atoms with van der Waals surface area (Å²) in [5.74, 6) is 0.178. The number of rotatable bonds is 7. The van der Waals surface area contributed by atoms with Crippen LogP contribution < -0.4 is 15.2 Å². The van der Waals surface area contributed by atoms with Crippen molar-refractivity contribution in [3.05, 3.63) is 81.4 Å². The Morgan fingerprint density at radius 1 is 1.25 bits per heavy atom.